The van der Waals surface area contributed by atoms with E-state index in [0.29, 0.717) is 32.7 Å². The van der Waals surface area contributed by atoms with Crippen LogP contribution in [0.1, 0.15) is 16.9 Å². The molecule has 0 aromatic carbocycles. The van der Waals surface area contributed by atoms with Crippen molar-refractivity contribution in [3.63, 3.8) is 0 Å². The summed E-state index contributed by atoms with van der Waals surface area (Å²) in [5, 5.41) is 7.79. The van der Waals surface area contributed by atoms with Crippen molar-refractivity contribution >= 4 is 15.9 Å². The number of nitrogens with zero attached hydrogens (tertiary/aromatic N) is 1. The van der Waals surface area contributed by atoms with Crippen LogP contribution in [0.5, 0.6) is 0 Å². The lowest BCUT2D eigenvalue weighted by molar-refractivity contribution is 0.0936. The molecule has 0 saturated heterocycles. The Balaban J connectivity index is 2.86. The molecule has 0 aliphatic carbocycles. The van der Waals surface area contributed by atoms with Gasteiger partial charge in [-0.05, 0) is 12.5 Å². The fourth-order valence-corrected chi connectivity index (χ4v) is 2.26. The molecular formula is C12H21N3O5S. The van der Waals surface area contributed by atoms with Crippen LogP contribution in [0.2, 0.25) is 0 Å². The van der Waals surface area contributed by atoms with E-state index in [9.17, 15) is 13.2 Å². The maximum absolute atomic E-state index is 12.1. The van der Waals surface area contributed by atoms with Crippen molar-refractivity contribution < 1.29 is 22.7 Å². The number of rotatable bonds is 9. The van der Waals surface area contributed by atoms with E-state index in [-0.39, 0.29) is 16.5 Å². The van der Waals surface area contributed by atoms with Crippen molar-refractivity contribution in [2.75, 3.05) is 34.0 Å². The Kier molecular flexibility index (Phi) is 6.82. The Bertz CT molecular complexity index is 567. The first kappa shape index (κ1) is 17.6. The highest BCUT2D eigenvalue weighted by Gasteiger charge is 2.18. The summed E-state index contributed by atoms with van der Waals surface area (Å²) in [5.74, 6) is -0.364. The van der Waals surface area contributed by atoms with Crippen LogP contribution in [0, 0.1) is 0 Å². The molecule has 0 aliphatic heterocycles. The van der Waals surface area contributed by atoms with Crippen molar-refractivity contribution in [2.24, 2.45) is 5.14 Å². The van der Waals surface area contributed by atoms with Crippen molar-refractivity contribution in [2.45, 2.75) is 17.9 Å². The molecule has 0 saturated carbocycles. The molecule has 3 N–H and O–H groups in total. The van der Waals surface area contributed by atoms with Crippen LogP contribution >= 0.6 is 0 Å². The fraction of sp³-hybridized carbons (Fsp3) is 0.583. The predicted octanol–water partition coefficient (Wildman–Crippen LogP) is -0.452. The van der Waals surface area contributed by atoms with E-state index in [1.165, 1.54) is 23.9 Å². The first-order chi connectivity index (χ1) is 9.90. The van der Waals surface area contributed by atoms with E-state index in [1.807, 2.05) is 0 Å². The predicted molar refractivity (Wildman–Crippen MR) is 76.5 cm³/mol. The molecule has 120 valence electrons. The number of hydrogen-bond donors (Lipinski definition) is 2. The van der Waals surface area contributed by atoms with E-state index in [0.717, 1.165) is 0 Å². The minimum absolute atomic E-state index is 0.0966. The van der Waals surface area contributed by atoms with Gasteiger partial charge in [0.15, 0.2) is 0 Å². The van der Waals surface area contributed by atoms with Crippen LogP contribution in [0.4, 0.5) is 0 Å². The average molecular weight is 319 g/mol. The molecule has 1 aromatic heterocycles. The Morgan fingerprint density at radius 3 is 2.57 bits per heavy atom. The number of nitrogens with two attached hydrogens (primary N) is 1. The van der Waals surface area contributed by atoms with Crippen LogP contribution in [0.3, 0.4) is 0 Å². The highest BCUT2D eigenvalue weighted by Crippen LogP contribution is 2.13. The van der Waals surface area contributed by atoms with Crippen molar-refractivity contribution in [3.8, 4) is 0 Å². The first-order valence-electron chi connectivity index (χ1n) is 6.39. The van der Waals surface area contributed by atoms with Crippen LogP contribution in [0.25, 0.3) is 0 Å². The molecule has 1 rings (SSSR count). The number of carbonyl (C=O) groups excluding carboxylic acids is 1. The van der Waals surface area contributed by atoms with E-state index >= 15 is 0 Å². The molecule has 0 spiro atoms. The van der Waals surface area contributed by atoms with Gasteiger partial charge in [0.05, 0.1) is 6.61 Å². The third kappa shape index (κ3) is 5.46. The number of sulfonamides is 1. The zero-order valence-corrected chi connectivity index (χ0v) is 13.0. The molecule has 0 unspecified atom stereocenters. The van der Waals surface area contributed by atoms with Crippen LogP contribution in [-0.2, 0) is 26.0 Å². The lowest BCUT2D eigenvalue weighted by Gasteiger charge is -2.09. The molecule has 0 aliphatic rings. The van der Waals surface area contributed by atoms with E-state index in [1.54, 1.807) is 7.11 Å². The zero-order valence-electron chi connectivity index (χ0n) is 12.2. The quantitative estimate of drug-likeness (QED) is 0.599. The summed E-state index contributed by atoms with van der Waals surface area (Å²) in [4.78, 5) is 12.0. The van der Waals surface area contributed by atoms with Gasteiger partial charge in [0, 0.05) is 40.1 Å². The minimum Gasteiger partial charge on any atom is -0.385 e. The number of amides is 1. The molecule has 1 heterocycles. The largest absolute Gasteiger partial charge is 0.385 e. The summed E-state index contributed by atoms with van der Waals surface area (Å²) in [6, 6.07) is 1.26. The van der Waals surface area contributed by atoms with E-state index < -0.39 is 10.0 Å². The maximum atomic E-state index is 12.1. The second-order valence-electron chi connectivity index (χ2n) is 4.39. The zero-order chi connectivity index (χ0) is 15.9. The maximum Gasteiger partial charge on any atom is 0.267 e. The smallest absolute Gasteiger partial charge is 0.267 e. The topological polar surface area (TPSA) is 113 Å². The number of methoxy groups -OCH3 is 2. The highest BCUT2D eigenvalue weighted by molar-refractivity contribution is 7.89. The summed E-state index contributed by atoms with van der Waals surface area (Å²) in [6.07, 6.45) is 2.00. The highest BCUT2D eigenvalue weighted by atomic mass is 32.2. The Morgan fingerprint density at radius 1 is 1.33 bits per heavy atom. The number of nitrogens with one attached hydrogen (secondary N) is 1. The van der Waals surface area contributed by atoms with Gasteiger partial charge >= 0.3 is 0 Å². The molecule has 0 bridgehead atoms. The van der Waals surface area contributed by atoms with Crippen molar-refractivity contribution in [3.05, 3.63) is 18.0 Å². The Hall–Kier alpha value is -1.42. The standard InChI is InChI=1S/C12H21N3O5S/c1-19-6-3-4-14-12(16)11-8-10(21(13,17)18)9-15(11)5-7-20-2/h8-9H,3-7H2,1-2H3,(H,14,16)(H2,13,17,18). The van der Waals surface area contributed by atoms with Crippen molar-refractivity contribution in [1.82, 2.24) is 9.88 Å². The summed E-state index contributed by atoms with van der Waals surface area (Å²) in [5.41, 5.74) is 0.230. The van der Waals surface area contributed by atoms with Gasteiger partial charge in [0.2, 0.25) is 10.0 Å². The minimum atomic E-state index is -3.85. The Labute approximate surface area is 124 Å². The third-order valence-electron chi connectivity index (χ3n) is 2.78. The summed E-state index contributed by atoms with van der Waals surface area (Å²) in [7, 11) is -0.752. The molecule has 0 atom stereocenters. The number of primary sulfonamides is 1. The van der Waals surface area contributed by atoms with Gasteiger partial charge in [0.25, 0.3) is 5.91 Å². The van der Waals surface area contributed by atoms with Gasteiger partial charge < -0.3 is 19.4 Å². The van der Waals surface area contributed by atoms with Gasteiger partial charge in [0.1, 0.15) is 10.6 Å². The number of ether oxygens (including phenoxy) is 2. The Morgan fingerprint density at radius 2 is 2.00 bits per heavy atom. The average Bonchev–Trinajstić information content (AvgIpc) is 2.85. The summed E-state index contributed by atoms with van der Waals surface area (Å²) < 4.78 is 34.1. The first-order valence-corrected chi connectivity index (χ1v) is 7.94. The molecule has 21 heavy (non-hydrogen) atoms. The lowest BCUT2D eigenvalue weighted by Crippen LogP contribution is -2.27. The molecule has 8 nitrogen and oxygen atoms in total. The molecule has 1 aromatic rings. The van der Waals surface area contributed by atoms with Crippen LogP contribution in [0.15, 0.2) is 17.2 Å². The fourth-order valence-electron chi connectivity index (χ4n) is 1.71. The summed E-state index contributed by atoms with van der Waals surface area (Å²) in [6.45, 7) is 1.68. The lowest BCUT2D eigenvalue weighted by atomic mass is 10.3. The molecular weight excluding hydrogens is 298 g/mol. The number of aromatic nitrogens is 1. The monoisotopic (exact) mass is 319 g/mol. The van der Waals surface area contributed by atoms with E-state index in [2.05, 4.69) is 5.32 Å². The van der Waals surface area contributed by atoms with Gasteiger partial charge in [-0.15, -0.1) is 0 Å². The normalized spacial score (nSPS) is 11.6. The third-order valence-corrected chi connectivity index (χ3v) is 3.66. The van der Waals surface area contributed by atoms with Crippen molar-refractivity contribution in [1.29, 1.82) is 0 Å². The van der Waals surface area contributed by atoms with Crippen LogP contribution < -0.4 is 10.5 Å². The molecule has 0 radical (unpaired) electrons. The second kappa shape index (κ2) is 8.13. The van der Waals surface area contributed by atoms with Gasteiger partial charge in [-0.2, -0.15) is 0 Å². The second-order valence-corrected chi connectivity index (χ2v) is 5.96. The molecule has 1 amide bonds. The number of carbonyl (C=O) groups is 1. The van der Waals surface area contributed by atoms with Gasteiger partial charge in [-0.1, -0.05) is 0 Å². The summed E-state index contributed by atoms with van der Waals surface area (Å²) >= 11 is 0. The molecule has 9 heteroatoms. The van der Waals surface area contributed by atoms with E-state index in [4.69, 9.17) is 14.6 Å². The van der Waals surface area contributed by atoms with Gasteiger partial charge in [-0.3, -0.25) is 4.79 Å². The molecule has 0 fully saturated rings. The van der Waals surface area contributed by atoms with Crippen LogP contribution in [-0.4, -0.2) is 52.9 Å². The van der Waals surface area contributed by atoms with Gasteiger partial charge in [-0.25, -0.2) is 13.6 Å². The number of hydrogen-bond acceptors (Lipinski definition) is 5. The SMILES string of the molecule is COCCCNC(=O)c1cc(S(N)(=O)=O)cn1CCOC.